The molecule has 0 fully saturated rings. The van der Waals surface area contributed by atoms with E-state index in [0.29, 0.717) is 5.56 Å². The minimum absolute atomic E-state index is 0.0232. The van der Waals surface area contributed by atoms with Gasteiger partial charge in [-0.2, -0.15) is 0 Å². The number of benzene rings is 3. The van der Waals surface area contributed by atoms with Crippen LogP contribution in [-0.4, -0.2) is 8.42 Å². The summed E-state index contributed by atoms with van der Waals surface area (Å²) in [6.07, 6.45) is 0. The molecule has 0 aliphatic rings. The molecule has 3 aromatic rings. The normalized spacial score (nSPS) is 11.3. The van der Waals surface area contributed by atoms with E-state index < -0.39 is 15.7 Å². The second kappa shape index (κ2) is 5.73. The molecular formula is C18H13FO2S. The Morgan fingerprint density at radius 2 is 1.32 bits per heavy atom. The molecule has 0 aliphatic heterocycles. The van der Waals surface area contributed by atoms with Crippen molar-refractivity contribution in [3.05, 3.63) is 84.7 Å². The first kappa shape index (κ1) is 14.5. The summed E-state index contributed by atoms with van der Waals surface area (Å²) < 4.78 is 39.3. The maximum Gasteiger partial charge on any atom is 0.207 e. The van der Waals surface area contributed by atoms with Crippen molar-refractivity contribution in [1.82, 2.24) is 0 Å². The molecule has 0 spiro atoms. The molecule has 2 nitrogen and oxygen atoms in total. The smallest absolute Gasteiger partial charge is 0.207 e. The highest BCUT2D eigenvalue weighted by Crippen LogP contribution is 2.31. The van der Waals surface area contributed by atoms with Crippen molar-refractivity contribution in [3.8, 4) is 11.1 Å². The first-order chi connectivity index (χ1) is 10.6. The molecule has 3 rings (SSSR count). The van der Waals surface area contributed by atoms with E-state index in [1.807, 2.05) is 18.2 Å². The number of hydrogen-bond donors (Lipinski definition) is 0. The summed E-state index contributed by atoms with van der Waals surface area (Å²) in [5.41, 5.74) is 1.22. The van der Waals surface area contributed by atoms with Gasteiger partial charge in [0.2, 0.25) is 9.84 Å². The molecule has 0 atom stereocenters. The standard InChI is InChI=1S/C18H13FO2S/c19-15-11-12-17(14-7-3-1-4-8-14)18(13-15)22(20,21)16-9-5-2-6-10-16/h1-13H. The van der Waals surface area contributed by atoms with E-state index >= 15 is 0 Å². The number of rotatable bonds is 3. The average Bonchev–Trinajstić information content (AvgIpc) is 2.56. The minimum Gasteiger partial charge on any atom is -0.218 e. The Bertz CT molecular complexity index is 889. The fraction of sp³-hybridized carbons (Fsp3) is 0. The molecule has 0 unspecified atom stereocenters. The van der Waals surface area contributed by atoms with Crippen LogP contribution in [0.15, 0.2) is 88.7 Å². The second-order valence-electron chi connectivity index (χ2n) is 4.82. The highest BCUT2D eigenvalue weighted by Gasteiger charge is 2.22. The van der Waals surface area contributed by atoms with Crippen LogP contribution in [0.1, 0.15) is 0 Å². The van der Waals surface area contributed by atoms with Crippen molar-refractivity contribution < 1.29 is 12.8 Å². The molecule has 0 aliphatic carbocycles. The Kier molecular flexibility index (Phi) is 3.77. The third-order valence-corrected chi connectivity index (χ3v) is 5.18. The number of hydrogen-bond acceptors (Lipinski definition) is 2. The first-order valence-electron chi connectivity index (χ1n) is 6.74. The van der Waals surface area contributed by atoms with E-state index in [4.69, 9.17) is 0 Å². The fourth-order valence-electron chi connectivity index (χ4n) is 2.30. The van der Waals surface area contributed by atoms with Gasteiger partial charge >= 0.3 is 0 Å². The van der Waals surface area contributed by atoms with Gasteiger partial charge in [0.15, 0.2) is 0 Å². The SMILES string of the molecule is O=S(=O)(c1ccccc1)c1cc(F)ccc1-c1ccccc1. The Labute approximate surface area is 128 Å². The van der Waals surface area contributed by atoms with E-state index in [-0.39, 0.29) is 9.79 Å². The van der Waals surface area contributed by atoms with Crippen molar-refractivity contribution in [2.75, 3.05) is 0 Å². The second-order valence-corrected chi connectivity index (χ2v) is 6.74. The van der Waals surface area contributed by atoms with Gasteiger partial charge in [0.05, 0.1) is 9.79 Å². The molecule has 22 heavy (non-hydrogen) atoms. The topological polar surface area (TPSA) is 34.1 Å². The van der Waals surface area contributed by atoms with Crippen molar-refractivity contribution in [2.45, 2.75) is 9.79 Å². The molecule has 0 aromatic heterocycles. The van der Waals surface area contributed by atoms with E-state index in [1.54, 1.807) is 30.3 Å². The summed E-state index contributed by atoms with van der Waals surface area (Å²) in [4.78, 5) is 0.127. The van der Waals surface area contributed by atoms with Gasteiger partial charge in [-0.3, -0.25) is 0 Å². The summed E-state index contributed by atoms with van der Waals surface area (Å²) >= 11 is 0. The molecule has 3 aromatic carbocycles. The van der Waals surface area contributed by atoms with Crippen molar-refractivity contribution >= 4 is 9.84 Å². The van der Waals surface area contributed by atoms with Crippen LogP contribution in [0, 0.1) is 5.82 Å². The van der Waals surface area contributed by atoms with E-state index in [2.05, 4.69) is 0 Å². The predicted octanol–water partition coefficient (Wildman–Crippen LogP) is 4.33. The highest BCUT2D eigenvalue weighted by atomic mass is 32.2. The lowest BCUT2D eigenvalue weighted by molar-refractivity contribution is 0.591. The zero-order valence-corrected chi connectivity index (χ0v) is 12.4. The predicted molar refractivity (Wildman–Crippen MR) is 83.7 cm³/mol. The Hall–Kier alpha value is -2.46. The highest BCUT2D eigenvalue weighted by molar-refractivity contribution is 7.91. The van der Waals surface area contributed by atoms with Gasteiger partial charge in [0, 0.05) is 5.56 Å². The number of sulfone groups is 1. The Morgan fingerprint density at radius 1 is 0.727 bits per heavy atom. The molecule has 110 valence electrons. The zero-order valence-electron chi connectivity index (χ0n) is 11.6. The molecule has 0 N–H and O–H groups in total. The summed E-state index contributed by atoms with van der Waals surface area (Å²) in [6, 6.07) is 21.0. The minimum atomic E-state index is -3.78. The Morgan fingerprint density at radius 3 is 1.95 bits per heavy atom. The van der Waals surface area contributed by atoms with Gasteiger partial charge in [0.25, 0.3) is 0 Å². The quantitative estimate of drug-likeness (QED) is 0.721. The van der Waals surface area contributed by atoms with Crippen LogP contribution in [0.25, 0.3) is 11.1 Å². The van der Waals surface area contributed by atoms with Crippen LogP contribution in [0.5, 0.6) is 0 Å². The summed E-state index contributed by atoms with van der Waals surface area (Å²) in [7, 11) is -3.78. The van der Waals surface area contributed by atoms with Gasteiger partial charge in [-0.05, 0) is 29.8 Å². The molecular weight excluding hydrogens is 299 g/mol. The van der Waals surface area contributed by atoms with Gasteiger partial charge in [-0.25, -0.2) is 12.8 Å². The zero-order chi connectivity index (χ0) is 15.6. The first-order valence-corrected chi connectivity index (χ1v) is 8.22. The maximum absolute atomic E-state index is 13.6. The average molecular weight is 312 g/mol. The summed E-state index contributed by atoms with van der Waals surface area (Å²) in [5.74, 6) is -0.575. The van der Waals surface area contributed by atoms with Crippen molar-refractivity contribution in [3.63, 3.8) is 0 Å². The molecule has 0 amide bonds. The molecule has 0 saturated carbocycles. The van der Waals surface area contributed by atoms with Crippen molar-refractivity contribution in [1.29, 1.82) is 0 Å². The third-order valence-electron chi connectivity index (χ3n) is 3.37. The van der Waals surface area contributed by atoms with Crippen LogP contribution < -0.4 is 0 Å². The van der Waals surface area contributed by atoms with E-state index in [1.165, 1.54) is 24.3 Å². The molecule has 0 saturated heterocycles. The van der Waals surface area contributed by atoms with Crippen LogP contribution >= 0.6 is 0 Å². The van der Waals surface area contributed by atoms with Gasteiger partial charge in [0.1, 0.15) is 5.82 Å². The van der Waals surface area contributed by atoms with E-state index in [9.17, 15) is 12.8 Å². The Balaban J connectivity index is 2.25. The van der Waals surface area contributed by atoms with Crippen LogP contribution in [0.4, 0.5) is 4.39 Å². The maximum atomic E-state index is 13.6. The molecule has 0 bridgehead atoms. The van der Waals surface area contributed by atoms with E-state index in [0.717, 1.165) is 11.6 Å². The number of halogens is 1. The van der Waals surface area contributed by atoms with Crippen LogP contribution in [0.3, 0.4) is 0 Å². The van der Waals surface area contributed by atoms with Gasteiger partial charge in [-0.15, -0.1) is 0 Å². The van der Waals surface area contributed by atoms with Crippen molar-refractivity contribution in [2.24, 2.45) is 0 Å². The summed E-state index contributed by atoms with van der Waals surface area (Å²) in [5, 5.41) is 0. The lowest BCUT2D eigenvalue weighted by Gasteiger charge is -2.11. The molecule has 4 heteroatoms. The monoisotopic (exact) mass is 312 g/mol. The molecule has 0 heterocycles. The van der Waals surface area contributed by atoms with Crippen LogP contribution in [0.2, 0.25) is 0 Å². The lowest BCUT2D eigenvalue weighted by Crippen LogP contribution is -2.04. The molecule has 0 radical (unpaired) electrons. The third kappa shape index (κ3) is 2.65. The van der Waals surface area contributed by atoms with Crippen LogP contribution in [-0.2, 0) is 9.84 Å². The largest absolute Gasteiger partial charge is 0.218 e. The fourth-order valence-corrected chi connectivity index (χ4v) is 3.81. The summed E-state index contributed by atoms with van der Waals surface area (Å²) in [6.45, 7) is 0. The van der Waals surface area contributed by atoms with Gasteiger partial charge in [-0.1, -0.05) is 54.6 Å². The van der Waals surface area contributed by atoms with Gasteiger partial charge < -0.3 is 0 Å². The lowest BCUT2D eigenvalue weighted by atomic mass is 10.1.